The van der Waals surface area contributed by atoms with Gasteiger partial charge in [0, 0.05) is 11.6 Å². The van der Waals surface area contributed by atoms with Crippen molar-refractivity contribution in [2.75, 3.05) is 31.1 Å². The third-order valence-corrected chi connectivity index (χ3v) is 3.93. The van der Waals surface area contributed by atoms with Crippen molar-refractivity contribution in [2.24, 2.45) is 0 Å². The highest BCUT2D eigenvalue weighted by Gasteiger charge is 2.26. The van der Waals surface area contributed by atoms with Crippen molar-refractivity contribution in [1.82, 2.24) is 4.90 Å². The van der Waals surface area contributed by atoms with Crippen LogP contribution in [0.2, 0.25) is 0 Å². The van der Waals surface area contributed by atoms with Crippen molar-refractivity contribution in [1.29, 1.82) is 0 Å². The lowest BCUT2D eigenvalue weighted by Gasteiger charge is -2.31. The van der Waals surface area contributed by atoms with Gasteiger partial charge < -0.3 is 9.64 Å². The van der Waals surface area contributed by atoms with Gasteiger partial charge in [-0.1, -0.05) is 6.07 Å². The molecule has 3 rings (SSSR count). The van der Waals surface area contributed by atoms with Gasteiger partial charge in [-0.05, 0) is 30.3 Å². The number of hydrogen-bond acceptors (Lipinski definition) is 3. The first-order valence-corrected chi connectivity index (χ1v) is 7.69. The number of aromatic amines is 1. The van der Waals surface area contributed by atoms with Gasteiger partial charge in [0.1, 0.15) is 18.8 Å². The molecule has 1 fully saturated rings. The number of ether oxygens (including phenoxy) is 1. The van der Waals surface area contributed by atoms with Crippen molar-refractivity contribution in [3.63, 3.8) is 0 Å². The van der Waals surface area contributed by atoms with Crippen LogP contribution < -0.4 is 14.6 Å². The number of alkyl halides is 2. The molecule has 1 aliphatic rings. The summed E-state index contributed by atoms with van der Waals surface area (Å²) in [5.41, 5.74) is 0.469. The highest BCUT2D eigenvalue weighted by molar-refractivity contribution is 5.94. The van der Waals surface area contributed by atoms with Crippen LogP contribution in [0.25, 0.3) is 0 Å². The first-order valence-electron chi connectivity index (χ1n) is 7.69. The molecule has 1 saturated heterocycles. The molecular weight excluding hydrogens is 316 g/mol. The number of carbonyl (C=O) groups excluding carboxylic acids is 1. The molecule has 0 saturated carbocycles. The SMILES string of the molecule is O=C(c1ccc(OC(F)F)cc1)N1CCN(c2cccc[nH+]2)CC1. The summed E-state index contributed by atoms with van der Waals surface area (Å²) < 4.78 is 28.6. The number of aromatic nitrogens is 1. The second kappa shape index (κ2) is 7.25. The van der Waals surface area contributed by atoms with E-state index in [1.807, 2.05) is 24.4 Å². The Morgan fingerprint density at radius 1 is 1.04 bits per heavy atom. The maximum atomic E-state index is 12.5. The lowest BCUT2D eigenvalue weighted by molar-refractivity contribution is -0.364. The van der Waals surface area contributed by atoms with E-state index >= 15 is 0 Å². The molecule has 126 valence electrons. The summed E-state index contributed by atoms with van der Waals surface area (Å²) in [6.07, 6.45) is 1.87. The van der Waals surface area contributed by atoms with Gasteiger partial charge >= 0.3 is 6.61 Å². The van der Waals surface area contributed by atoms with Crippen molar-refractivity contribution < 1.29 is 23.3 Å². The van der Waals surface area contributed by atoms with Gasteiger partial charge in [0.2, 0.25) is 0 Å². The number of nitrogens with zero attached hydrogens (tertiary/aromatic N) is 2. The molecule has 5 nitrogen and oxygen atoms in total. The van der Waals surface area contributed by atoms with E-state index in [0.29, 0.717) is 18.7 Å². The van der Waals surface area contributed by atoms with Gasteiger partial charge in [0.05, 0.1) is 19.3 Å². The quantitative estimate of drug-likeness (QED) is 0.860. The Labute approximate surface area is 138 Å². The van der Waals surface area contributed by atoms with Crippen LogP contribution in [-0.2, 0) is 0 Å². The van der Waals surface area contributed by atoms with Crippen LogP contribution in [0.3, 0.4) is 0 Å². The molecule has 0 atom stereocenters. The molecule has 0 radical (unpaired) electrons. The molecule has 2 aromatic rings. The van der Waals surface area contributed by atoms with E-state index in [9.17, 15) is 13.6 Å². The van der Waals surface area contributed by atoms with Crippen LogP contribution in [0, 0.1) is 0 Å². The van der Waals surface area contributed by atoms with E-state index in [1.165, 1.54) is 24.3 Å². The summed E-state index contributed by atoms with van der Waals surface area (Å²) in [6, 6.07) is 11.7. The molecule has 1 aliphatic heterocycles. The Balaban J connectivity index is 1.59. The lowest BCUT2D eigenvalue weighted by Crippen LogP contribution is -2.50. The van der Waals surface area contributed by atoms with Gasteiger partial charge in [-0.15, -0.1) is 0 Å². The number of carbonyl (C=O) groups is 1. The number of rotatable bonds is 4. The van der Waals surface area contributed by atoms with Gasteiger partial charge in [0.25, 0.3) is 11.7 Å². The third kappa shape index (κ3) is 3.79. The van der Waals surface area contributed by atoms with E-state index in [-0.39, 0.29) is 11.7 Å². The Kier molecular flexibility index (Phi) is 4.88. The third-order valence-electron chi connectivity index (χ3n) is 3.93. The fraction of sp³-hybridized carbons (Fsp3) is 0.294. The van der Waals surface area contributed by atoms with Crippen LogP contribution in [0.4, 0.5) is 14.6 Å². The summed E-state index contributed by atoms with van der Waals surface area (Å²) in [4.78, 5) is 19.6. The van der Waals surface area contributed by atoms with Crippen LogP contribution >= 0.6 is 0 Å². The van der Waals surface area contributed by atoms with E-state index in [2.05, 4.69) is 14.6 Å². The lowest BCUT2D eigenvalue weighted by atomic mass is 10.1. The normalized spacial score (nSPS) is 14.8. The number of halogens is 2. The fourth-order valence-electron chi connectivity index (χ4n) is 2.69. The molecule has 0 spiro atoms. The summed E-state index contributed by atoms with van der Waals surface area (Å²) in [7, 11) is 0. The standard InChI is InChI=1S/C17H17F2N3O2/c18-17(19)24-14-6-4-13(5-7-14)16(23)22-11-9-21(10-12-22)15-3-1-2-8-20-15/h1-8,17H,9-12H2/p+1. The molecule has 0 aliphatic carbocycles. The molecule has 0 unspecified atom stereocenters. The largest absolute Gasteiger partial charge is 0.435 e. The second-order valence-corrected chi connectivity index (χ2v) is 5.43. The molecule has 1 aromatic carbocycles. The number of H-pyrrole nitrogens is 1. The smallest absolute Gasteiger partial charge is 0.387 e. The topological polar surface area (TPSA) is 46.9 Å². The number of piperazine rings is 1. The average Bonchev–Trinajstić information content (AvgIpc) is 2.62. The fourth-order valence-corrected chi connectivity index (χ4v) is 2.69. The Morgan fingerprint density at radius 3 is 2.33 bits per heavy atom. The van der Waals surface area contributed by atoms with Crippen molar-refractivity contribution in [2.45, 2.75) is 6.61 Å². The Hall–Kier alpha value is -2.70. The molecule has 0 bridgehead atoms. The monoisotopic (exact) mass is 334 g/mol. The zero-order valence-electron chi connectivity index (χ0n) is 13.0. The van der Waals surface area contributed by atoms with Crippen LogP contribution in [0.5, 0.6) is 5.75 Å². The van der Waals surface area contributed by atoms with E-state index in [1.54, 1.807) is 4.90 Å². The Bertz CT molecular complexity index is 672. The average molecular weight is 334 g/mol. The zero-order chi connectivity index (χ0) is 16.9. The first kappa shape index (κ1) is 16.2. The van der Waals surface area contributed by atoms with Crippen LogP contribution in [0.15, 0.2) is 48.7 Å². The first-order chi connectivity index (χ1) is 11.6. The Morgan fingerprint density at radius 2 is 1.75 bits per heavy atom. The minimum atomic E-state index is -2.87. The van der Waals surface area contributed by atoms with Gasteiger partial charge in [-0.25, -0.2) is 4.98 Å². The molecule has 7 heteroatoms. The van der Waals surface area contributed by atoms with Crippen LogP contribution in [-0.4, -0.2) is 43.6 Å². The summed E-state index contributed by atoms with van der Waals surface area (Å²) in [5.74, 6) is 0.972. The van der Waals surface area contributed by atoms with Crippen molar-refractivity contribution in [3.8, 4) is 5.75 Å². The number of amides is 1. The second-order valence-electron chi connectivity index (χ2n) is 5.43. The van der Waals surface area contributed by atoms with Gasteiger partial charge in [-0.3, -0.25) is 9.69 Å². The maximum Gasteiger partial charge on any atom is 0.387 e. The van der Waals surface area contributed by atoms with Crippen molar-refractivity contribution >= 4 is 11.7 Å². The number of anilines is 1. The van der Waals surface area contributed by atoms with E-state index in [0.717, 1.165) is 18.9 Å². The minimum absolute atomic E-state index is 0.0472. The summed E-state index contributed by atoms with van der Waals surface area (Å²) >= 11 is 0. The maximum absolute atomic E-state index is 12.5. The summed E-state index contributed by atoms with van der Waals surface area (Å²) in [6.45, 7) is -0.180. The number of benzene rings is 1. The zero-order valence-corrected chi connectivity index (χ0v) is 13.0. The van der Waals surface area contributed by atoms with E-state index in [4.69, 9.17) is 0 Å². The van der Waals surface area contributed by atoms with E-state index < -0.39 is 6.61 Å². The summed E-state index contributed by atoms with van der Waals surface area (Å²) in [5, 5.41) is 0. The molecule has 1 amide bonds. The predicted octanol–water partition coefficient (Wildman–Crippen LogP) is 2.06. The highest BCUT2D eigenvalue weighted by Crippen LogP contribution is 2.17. The van der Waals surface area contributed by atoms with Crippen molar-refractivity contribution in [3.05, 3.63) is 54.2 Å². The molecule has 1 N–H and O–H groups in total. The molecule has 24 heavy (non-hydrogen) atoms. The van der Waals surface area contributed by atoms with Gasteiger partial charge in [-0.2, -0.15) is 8.78 Å². The van der Waals surface area contributed by atoms with Crippen LogP contribution in [0.1, 0.15) is 10.4 Å². The molecular formula is C17H18F2N3O2+. The molecule has 2 heterocycles. The number of pyridine rings is 1. The predicted molar refractivity (Wildman–Crippen MR) is 84.2 cm³/mol. The van der Waals surface area contributed by atoms with Gasteiger partial charge in [0.15, 0.2) is 0 Å². The molecule has 1 aromatic heterocycles. The number of nitrogens with one attached hydrogen (secondary N) is 1. The number of hydrogen-bond donors (Lipinski definition) is 0. The highest BCUT2D eigenvalue weighted by atomic mass is 19.3. The minimum Gasteiger partial charge on any atom is -0.435 e.